The van der Waals surface area contributed by atoms with E-state index in [-0.39, 0.29) is 18.8 Å². The van der Waals surface area contributed by atoms with Crippen LogP contribution in [0.3, 0.4) is 0 Å². The quantitative estimate of drug-likeness (QED) is 0.681. The predicted molar refractivity (Wildman–Crippen MR) is 103 cm³/mol. The number of amides is 3. The Morgan fingerprint density at radius 2 is 1.79 bits per heavy atom. The lowest BCUT2D eigenvalue weighted by molar-refractivity contribution is -0.159. The molecule has 0 bridgehead atoms. The smallest absolute Gasteiger partial charge is 0.325 e. The monoisotopic (exact) mass is 411 g/mol. The van der Waals surface area contributed by atoms with Crippen LogP contribution in [0.15, 0.2) is 30.3 Å². The van der Waals surface area contributed by atoms with Crippen molar-refractivity contribution in [3.8, 4) is 0 Å². The highest BCUT2D eigenvalue weighted by atomic mass is 32.2. The molecule has 1 unspecified atom stereocenters. The number of sulfonamides is 1. The van der Waals surface area contributed by atoms with Gasteiger partial charge in [0.05, 0.1) is 11.7 Å². The van der Waals surface area contributed by atoms with Gasteiger partial charge in [0.25, 0.3) is 5.91 Å². The summed E-state index contributed by atoms with van der Waals surface area (Å²) < 4.78 is 30.2. The Morgan fingerprint density at radius 1 is 1.18 bits per heavy atom. The van der Waals surface area contributed by atoms with Gasteiger partial charge in [0.15, 0.2) is 6.10 Å². The molecule has 0 aromatic heterocycles. The molecule has 0 spiro atoms. The van der Waals surface area contributed by atoms with Crippen LogP contribution in [0.25, 0.3) is 0 Å². The summed E-state index contributed by atoms with van der Waals surface area (Å²) in [5.41, 5.74) is 0.520. The van der Waals surface area contributed by atoms with E-state index in [4.69, 9.17) is 4.74 Å². The van der Waals surface area contributed by atoms with Crippen molar-refractivity contribution >= 4 is 33.6 Å². The van der Waals surface area contributed by atoms with E-state index in [1.165, 1.54) is 11.2 Å². The minimum absolute atomic E-state index is 0.0182. The molecule has 1 aromatic carbocycles. The number of rotatable bonds is 6. The summed E-state index contributed by atoms with van der Waals surface area (Å²) in [6, 6.07) is 7.87. The number of anilines is 1. The van der Waals surface area contributed by atoms with Gasteiger partial charge in [0.2, 0.25) is 10.0 Å². The number of ether oxygens (including phenoxy) is 1. The molecule has 1 aliphatic rings. The number of carbonyl (C=O) groups is 3. The largest absolute Gasteiger partial charge is 0.452 e. The first kappa shape index (κ1) is 21.8. The van der Waals surface area contributed by atoms with E-state index in [0.29, 0.717) is 18.5 Å². The molecular formula is C18H25N3O6S. The minimum Gasteiger partial charge on any atom is -0.452 e. The second-order valence-corrected chi connectivity index (χ2v) is 8.72. The molecule has 28 heavy (non-hydrogen) atoms. The molecule has 9 nitrogen and oxygen atoms in total. The van der Waals surface area contributed by atoms with Gasteiger partial charge in [-0.2, -0.15) is 0 Å². The summed E-state index contributed by atoms with van der Waals surface area (Å²) in [7, 11) is -3.27. The van der Waals surface area contributed by atoms with E-state index in [9.17, 15) is 22.8 Å². The zero-order valence-electron chi connectivity index (χ0n) is 15.9. The number of nitrogens with zero attached hydrogens (tertiary/aromatic N) is 1. The van der Waals surface area contributed by atoms with Crippen LogP contribution in [0.5, 0.6) is 0 Å². The van der Waals surface area contributed by atoms with Crippen molar-refractivity contribution in [1.82, 2.24) is 9.62 Å². The molecule has 3 amide bonds. The highest BCUT2D eigenvalue weighted by Crippen LogP contribution is 2.21. The van der Waals surface area contributed by atoms with Crippen LogP contribution >= 0.6 is 0 Å². The summed E-state index contributed by atoms with van der Waals surface area (Å²) in [6.45, 7) is 3.44. The van der Waals surface area contributed by atoms with Gasteiger partial charge in [-0.15, -0.1) is 0 Å². The van der Waals surface area contributed by atoms with Crippen LogP contribution in [-0.2, 0) is 24.3 Å². The van der Waals surface area contributed by atoms with E-state index < -0.39 is 40.0 Å². The molecule has 0 aliphatic carbocycles. The molecular weight excluding hydrogens is 386 g/mol. The van der Waals surface area contributed by atoms with Gasteiger partial charge in [0, 0.05) is 18.8 Å². The van der Waals surface area contributed by atoms with Gasteiger partial charge in [-0.3, -0.25) is 14.9 Å². The fourth-order valence-corrected chi connectivity index (χ4v) is 3.91. The van der Waals surface area contributed by atoms with Gasteiger partial charge in [-0.05, 0) is 38.8 Å². The molecule has 2 rings (SSSR count). The highest BCUT2D eigenvalue weighted by Gasteiger charge is 2.32. The maximum atomic E-state index is 12.2. The van der Waals surface area contributed by atoms with Gasteiger partial charge >= 0.3 is 12.0 Å². The molecule has 1 saturated heterocycles. The topological polar surface area (TPSA) is 122 Å². The molecule has 1 aliphatic heterocycles. The van der Waals surface area contributed by atoms with Crippen molar-refractivity contribution < 1.29 is 27.5 Å². The number of hydrogen-bond acceptors (Lipinski definition) is 6. The standard InChI is InChI=1S/C18H25N3O6S/c1-3-28(25,26)21-11-9-14(10-12-21)17(23)27-13(2)16(22)20-18(24)19-15-7-5-4-6-8-15/h4-8,13-14H,3,9-12H2,1-2H3,(H2,19,20,22,24). The average Bonchev–Trinajstić information content (AvgIpc) is 2.68. The van der Waals surface area contributed by atoms with Gasteiger partial charge in [-0.1, -0.05) is 18.2 Å². The number of imide groups is 1. The Morgan fingerprint density at radius 3 is 2.36 bits per heavy atom. The maximum absolute atomic E-state index is 12.2. The lowest BCUT2D eigenvalue weighted by Gasteiger charge is -2.30. The van der Waals surface area contributed by atoms with Gasteiger partial charge in [0.1, 0.15) is 0 Å². The van der Waals surface area contributed by atoms with E-state index in [1.807, 2.05) is 0 Å². The normalized spacial score (nSPS) is 16.8. The Hall–Kier alpha value is -2.46. The van der Waals surface area contributed by atoms with Crippen LogP contribution < -0.4 is 10.6 Å². The summed E-state index contributed by atoms with van der Waals surface area (Å²) in [5, 5.41) is 4.61. The van der Waals surface area contributed by atoms with Crippen molar-refractivity contribution in [2.75, 3.05) is 24.2 Å². The summed E-state index contributed by atoms with van der Waals surface area (Å²) in [5.74, 6) is -1.77. The number of urea groups is 1. The third-order valence-electron chi connectivity index (χ3n) is 4.48. The molecule has 0 saturated carbocycles. The summed E-state index contributed by atoms with van der Waals surface area (Å²) >= 11 is 0. The molecule has 1 aromatic rings. The predicted octanol–water partition coefficient (Wildman–Crippen LogP) is 1.33. The van der Waals surface area contributed by atoms with Crippen molar-refractivity contribution in [2.24, 2.45) is 5.92 Å². The summed E-state index contributed by atoms with van der Waals surface area (Å²) in [6.07, 6.45) is -0.478. The van der Waals surface area contributed by atoms with Crippen LogP contribution in [0.2, 0.25) is 0 Å². The Bertz CT molecular complexity index is 804. The zero-order chi connectivity index (χ0) is 20.7. The first-order valence-electron chi connectivity index (χ1n) is 9.08. The molecule has 10 heteroatoms. The van der Waals surface area contributed by atoms with Crippen LogP contribution in [0.4, 0.5) is 10.5 Å². The summed E-state index contributed by atoms with van der Waals surface area (Å²) in [4.78, 5) is 36.1. The number of nitrogens with one attached hydrogen (secondary N) is 2. The minimum atomic E-state index is -3.27. The molecule has 2 N–H and O–H groups in total. The van der Waals surface area contributed by atoms with E-state index >= 15 is 0 Å². The number of para-hydroxylation sites is 1. The second-order valence-electron chi connectivity index (χ2n) is 6.46. The Kier molecular flexibility index (Phi) is 7.53. The molecule has 1 atom stereocenters. The number of carbonyl (C=O) groups excluding carboxylic acids is 3. The molecule has 1 heterocycles. The molecule has 1 fully saturated rings. The highest BCUT2D eigenvalue weighted by molar-refractivity contribution is 7.89. The van der Waals surface area contributed by atoms with E-state index in [2.05, 4.69) is 10.6 Å². The first-order chi connectivity index (χ1) is 13.2. The Balaban J connectivity index is 1.79. The van der Waals surface area contributed by atoms with Gasteiger partial charge < -0.3 is 10.1 Å². The van der Waals surface area contributed by atoms with Crippen LogP contribution in [0.1, 0.15) is 26.7 Å². The first-order valence-corrected chi connectivity index (χ1v) is 10.7. The van der Waals surface area contributed by atoms with Crippen LogP contribution in [0, 0.1) is 5.92 Å². The lowest BCUT2D eigenvalue weighted by atomic mass is 9.98. The zero-order valence-corrected chi connectivity index (χ0v) is 16.7. The Labute approximate surface area is 164 Å². The number of esters is 1. The maximum Gasteiger partial charge on any atom is 0.325 e. The van der Waals surface area contributed by atoms with Crippen molar-refractivity contribution in [3.63, 3.8) is 0 Å². The molecule has 154 valence electrons. The van der Waals surface area contributed by atoms with E-state index in [0.717, 1.165) is 0 Å². The van der Waals surface area contributed by atoms with Gasteiger partial charge in [-0.25, -0.2) is 17.5 Å². The average molecular weight is 411 g/mol. The number of benzene rings is 1. The molecule has 0 radical (unpaired) electrons. The van der Waals surface area contributed by atoms with Crippen molar-refractivity contribution in [1.29, 1.82) is 0 Å². The fraction of sp³-hybridized carbons (Fsp3) is 0.500. The lowest BCUT2D eigenvalue weighted by Crippen LogP contribution is -2.44. The fourth-order valence-electron chi connectivity index (χ4n) is 2.77. The van der Waals surface area contributed by atoms with Crippen LogP contribution in [-0.4, -0.2) is 55.6 Å². The van der Waals surface area contributed by atoms with Crippen molar-refractivity contribution in [3.05, 3.63) is 30.3 Å². The third-order valence-corrected chi connectivity index (χ3v) is 6.36. The second kappa shape index (κ2) is 9.65. The SMILES string of the molecule is CCS(=O)(=O)N1CCC(C(=O)OC(C)C(=O)NC(=O)Nc2ccccc2)CC1. The van der Waals surface area contributed by atoms with E-state index in [1.54, 1.807) is 37.3 Å². The number of piperidine rings is 1. The third kappa shape index (κ3) is 6.03. The van der Waals surface area contributed by atoms with Crippen molar-refractivity contribution in [2.45, 2.75) is 32.8 Å². The number of hydrogen-bond donors (Lipinski definition) is 2.